The molecule has 0 aliphatic carbocycles. The van der Waals surface area contributed by atoms with E-state index >= 15 is 0 Å². The van der Waals surface area contributed by atoms with Crippen LogP contribution in [0.4, 0.5) is 0 Å². The molecule has 0 N–H and O–H groups in total. The molecular weight excluding hydrogens is 336 g/mol. The summed E-state index contributed by atoms with van der Waals surface area (Å²) in [7, 11) is 0. The van der Waals surface area contributed by atoms with Crippen molar-refractivity contribution in [2.45, 2.75) is 113 Å². The summed E-state index contributed by atoms with van der Waals surface area (Å²) in [6.45, 7) is 24.1. The van der Waals surface area contributed by atoms with Crippen LogP contribution in [0.15, 0.2) is 25.8 Å². The molecule has 3 heteroatoms. The van der Waals surface area contributed by atoms with Gasteiger partial charge in [0.1, 0.15) is 5.78 Å². The largest absolute Gasteiger partial charge is 0.466 e. The first-order chi connectivity index (χ1) is 13.2. The second-order valence-electron chi connectivity index (χ2n) is 4.85. The van der Waals surface area contributed by atoms with E-state index in [9.17, 15) is 9.59 Å². The number of rotatable bonds is 13. The van der Waals surface area contributed by atoms with Crippen LogP contribution in [-0.2, 0) is 14.3 Å². The summed E-state index contributed by atoms with van der Waals surface area (Å²) in [6.07, 6.45) is 10.3. The lowest BCUT2D eigenvalue weighted by atomic mass is 10.1. The molecule has 0 aromatic carbocycles. The Morgan fingerprint density at radius 1 is 0.778 bits per heavy atom. The van der Waals surface area contributed by atoms with Gasteiger partial charge in [-0.1, -0.05) is 73.8 Å². The van der Waals surface area contributed by atoms with Crippen molar-refractivity contribution in [1.82, 2.24) is 0 Å². The molecule has 0 aromatic heterocycles. The highest BCUT2D eigenvalue weighted by Crippen LogP contribution is 2.06. The molecule has 0 aliphatic rings. The molecule has 0 rings (SSSR count). The lowest BCUT2D eigenvalue weighted by Crippen LogP contribution is -2.07. The van der Waals surface area contributed by atoms with Crippen LogP contribution < -0.4 is 0 Å². The highest BCUT2D eigenvalue weighted by molar-refractivity contribution is 5.78. The smallest absolute Gasteiger partial charge is 0.305 e. The van der Waals surface area contributed by atoms with Gasteiger partial charge in [0.2, 0.25) is 0 Å². The van der Waals surface area contributed by atoms with E-state index in [0.717, 1.165) is 25.7 Å². The molecule has 0 unspecified atom stereocenters. The van der Waals surface area contributed by atoms with Crippen molar-refractivity contribution >= 4 is 11.8 Å². The molecule has 0 amide bonds. The molecule has 0 aromatic rings. The van der Waals surface area contributed by atoms with E-state index in [4.69, 9.17) is 4.74 Å². The minimum Gasteiger partial charge on any atom is -0.466 e. The lowest BCUT2D eigenvalue weighted by Gasteiger charge is -2.04. The third-order valence-corrected chi connectivity index (χ3v) is 2.96. The van der Waals surface area contributed by atoms with E-state index in [0.29, 0.717) is 38.1 Å². The van der Waals surface area contributed by atoms with E-state index in [-0.39, 0.29) is 5.97 Å². The number of carbonyl (C=O) groups is 2. The summed E-state index contributed by atoms with van der Waals surface area (Å²) < 4.78 is 5.06. The third kappa shape index (κ3) is 45.6. The molecule has 3 nitrogen and oxygen atoms in total. The van der Waals surface area contributed by atoms with Gasteiger partial charge in [-0.05, 0) is 25.7 Å². The van der Waals surface area contributed by atoms with E-state index in [1.54, 1.807) is 6.08 Å². The Bertz CT molecular complexity index is 273. The van der Waals surface area contributed by atoms with Crippen molar-refractivity contribution in [3.8, 4) is 0 Å². The summed E-state index contributed by atoms with van der Waals surface area (Å²) >= 11 is 0. The van der Waals surface area contributed by atoms with Crippen molar-refractivity contribution in [1.29, 1.82) is 0 Å². The van der Waals surface area contributed by atoms with Crippen molar-refractivity contribution in [2.24, 2.45) is 0 Å². The molecule has 0 heterocycles. The van der Waals surface area contributed by atoms with Gasteiger partial charge in [-0.2, -0.15) is 0 Å². The predicted molar refractivity (Wildman–Crippen MR) is 123 cm³/mol. The Morgan fingerprint density at radius 3 is 1.78 bits per heavy atom. The fraction of sp³-hybridized carbons (Fsp3) is 0.750. The number of ketones is 1. The predicted octanol–water partition coefficient (Wildman–Crippen LogP) is 8.09. The molecule has 0 radical (unpaired) electrons. The molecule has 0 saturated carbocycles. The van der Waals surface area contributed by atoms with Gasteiger partial charge in [-0.15, -0.1) is 19.7 Å². The minimum absolute atomic E-state index is 0.169. The first kappa shape index (κ1) is 36.5. The van der Waals surface area contributed by atoms with Gasteiger partial charge in [0, 0.05) is 19.3 Å². The molecule has 0 aliphatic heterocycles. The maximum Gasteiger partial charge on any atom is 0.305 e. The number of carbonyl (C=O) groups excluding carboxylic acids is 2. The number of unbranched alkanes of at least 4 members (excludes halogenated alkanes) is 4. The summed E-state index contributed by atoms with van der Waals surface area (Å²) in [5, 5.41) is 0. The Labute approximate surface area is 171 Å². The Hall–Kier alpha value is -1.38. The van der Waals surface area contributed by atoms with E-state index in [1.807, 2.05) is 41.5 Å². The van der Waals surface area contributed by atoms with E-state index in [1.165, 1.54) is 12.8 Å². The summed E-state index contributed by atoms with van der Waals surface area (Å²) in [6, 6.07) is 0. The average Bonchev–Trinajstić information content (AvgIpc) is 2.75. The van der Waals surface area contributed by atoms with Crippen LogP contribution in [-0.4, -0.2) is 18.4 Å². The quantitative estimate of drug-likeness (QED) is 0.182. The first-order valence-corrected chi connectivity index (χ1v) is 11.0. The van der Waals surface area contributed by atoms with Gasteiger partial charge in [0.15, 0.2) is 0 Å². The molecular formula is C24H50O3. The van der Waals surface area contributed by atoms with Crippen LogP contribution >= 0.6 is 0 Å². The molecule has 164 valence electrons. The Balaban J connectivity index is -0.000000177. The molecule has 0 fully saturated rings. The van der Waals surface area contributed by atoms with Crippen LogP contribution in [0.25, 0.3) is 0 Å². The number of hydrogen-bond acceptors (Lipinski definition) is 3. The normalized spacial score (nSPS) is 7.96. The fourth-order valence-corrected chi connectivity index (χ4v) is 1.79. The minimum atomic E-state index is -0.169. The first-order valence-electron chi connectivity index (χ1n) is 11.0. The van der Waals surface area contributed by atoms with Crippen molar-refractivity contribution in [2.75, 3.05) is 6.61 Å². The van der Waals surface area contributed by atoms with E-state index in [2.05, 4.69) is 26.7 Å². The second kappa shape index (κ2) is 44.2. The van der Waals surface area contributed by atoms with Gasteiger partial charge in [0.05, 0.1) is 6.61 Å². The maximum atomic E-state index is 11.5. The Morgan fingerprint density at radius 2 is 1.30 bits per heavy atom. The third-order valence-electron chi connectivity index (χ3n) is 2.96. The SMILES string of the molecule is C=C.C=CCCCC(=O)OCCCC(=O)CCCCCC.CC.CC.CC. The maximum absolute atomic E-state index is 11.5. The number of ether oxygens (including phenoxy) is 1. The number of allylic oxidation sites excluding steroid dienone is 1. The van der Waals surface area contributed by atoms with Crippen LogP contribution in [0.3, 0.4) is 0 Å². The number of Topliss-reactive ketones (excluding diaryl/α,β-unsaturated/α-hetero) is 1. The highest BCUT2D eigenvalue weighted by atomic mass is 16.5. The topological polar surface area (TPSA) is 43.4 Å². The summed E-state index contributed by atoms with van der Waals surface area (Å²) in [4.78, 5) is 22.8. The van der Waals surface area contributed by atoms with Gasteiger partial charge >= 0.3 is 5.97 Å². The molecule has 27 heavy (non-hydrogen) atoms. The standard InChI is InChI=1S/C16H28O3.3C2H6.C2H4/c1-3-5-7-9-11-15(17)12-10-14-19-16(18)13-8-6-4-2;4*1-2/h4H,2-3,5-14H2,1H3;3*1-2H3;1-2H2. The van der Waals surface area contributed by atoms with Crippen molar-refractivity contribution in [3.63, 3.8) is 0 Å². The van der Waals surface area contributed by atoms with Gasteiger partial charge < -0.3 is 4.74 Å². The highest BCUT2D eigenvalue weighted by Gasteiger charge is 2.04. The van der Waals surface area contributed by atoms with Crippen molar-refractivity contribution < 1.29 is 14.3 Å². The van der Waals surface area contributed by atoms with Gasteiger partial charge in [-0.25, -0.2) is 0 Å². The number of hydrogen-bond donors (Lipinski definition) is 0. The summed E-state index contributed by atoms with van der Waals surface area (Å²) in [5.74, 6) is 0.121. The van der Waals surface area contributed by atoms with Crippen LogP contribution in [0, 0.1) is 0 Å². The van der Waals surface area contributed by atoms with Gasteiger partial charge in [-0.3, -0.25) is 9.59 Å². The zero-order valence-electron chi connectivity index (χ0n) is 19.7. The fourth-order valence-electron chi connectivity index (χ4n) is 1.79. The lowest BCUT2D eigenvalue weighted by molar-refractivity contribution is -0.144. The summed E-state index contributed by atoms with van der Waals surface area (Å²) in [5.41, 5.74) is 0. The van der Waals surface area contributed by atoms with Gasteiger partial charge in [0.25, 0.3) is 0 Å². The molecule has 0 spiro atoms. The molecule has 0 bridgehead atoms. The van der Waals surface area contributed by atoms with Crippen LogP contribution in [0.2, 0.25) is 0 Å². The van der Waals surface area contributed by atoms with Crippen molar-refractivity contribution in [3.05, 3.63) is 25.8 Å². The van der Waals surface area contributed by atoms with Crippen LogP contribution in [0.5, 0.6) is 0 Å². The second-order valence-corrected chi connectivity index (χ2v) is 4.85. The molecule has 0 atom stereocenters. The zero-order valence-corrected chi connectivity index (χ0v) is 19.7. The van der Waals surface area contributed by atoms with E-state index < -0.39 is 0 Å². The van der Waals surface area contributed by atoms with Crippen LogP contribution in [0.1, 0.15) is 113 Å². The molecule has 0 saturated heterocycles. The average molecular weight is 387 g/mol. The number of esters is 1. The monoisotopic (exact) mass is 386 g/mol. The zero-order chi connectivity index (χ0) is 22.3. The Kier molecular flexibility index (Phi) is 59.8.